The van der Waals surface area contributed by atoms with E-state index in [1.54, 1.807) is 61.7 Å². The van der Waals surface area contributed by atoms with Crippen LogP contribution in [0.4, 0.5) is 5.69 Å². The number of anilines is 1. The van der Waals surface area contributed by atoms with Gasteiger partial charge >= 0.3 is 0 Å². The Kier molecular flexibility index (Phi) is 6.81. The van der Waals surface area contributed by atoms with Crippen molar-refractivity contribution in [3.63, 3.8) is 0 Å². The predicted octanol–water partition coefficient (Wildman–Crippen LogP) is 4.87. The molecule has 0 saturated heterocycles. The van der Waals surface area contributed by atoms with Gasteiger partial charge in [0.15, 0.2) is 0 Å². The molecule has 0 unspecified atom stereocenters. The zero-order valence-electron chi connectivity index (χ0n) is 15.7. The average molecular weight is 451 g/mol. The molecule has 0 aromatic heterocycles. The summed E-state index contributed by atoms with van der Waals surface area (Å²) in [6.45, 7) is 0. The van der Waals surface area contributed by atoms with Crippen molar-refractivity contribution < 1.29 is 14.3 Å². The molecule has 0 radical (unpaired) electrons. The first-order chi connectivity index (χ1) is 14.1. The SMILES string of the molecule is COc1ccccc1/C=C(/NC(=O)c1ccccc1)C(=O)Nc1cccc(Br)c1. The van der Waals surface area contributed by atoms with E-state index >= 15 is 0 Å². The van der Waals surface area contributed by atoms with Crippen LogP contribution in [0, 0.1) is 0 Å². The van der Waals surface area contributed by atoms with Crippen LogP contribution in [0.25, 0.3) is 6.08 Å². The first-order valence-electron chi connectivity index (χ1n) is 8.85. The van der Waals surface area contributed by atoms with Gasteiger partial charge in [-0.2, -0.15) is 0 Å². The van der Waals surface area contributed by atoms with Crippen LogP contribution in [0.3, 0.4) is 0 Å². The van der Waals surface area contributed by atoms with Gasteiger partial charge in [0.1, 0.15) is 11.4 Å². The lowest BCUT2D eigenvalue weighted by Crippen LogP contribution is -2.30. The summed E-state index contributed by atoms with van der Waals surface area (Å²) in [5, 5.41) is 5.52. The Morgan fingerprint density at radius 2 is 1.66 bits per heavy atom. The Labute approximate surface area is 177 Å². The van der Waals surface area contributed by atoms with Crippen LogP contribution in [0.1, 0.15) is 15.9 Å². The largest absolute Gasteiger partial charge is 0.496 e. The van der Waals surface area contributed by atoms with Crippen molar-refractivity contribution in [1.29, 1.82) is 0 Å². The maximum absolute atomic E-state index is 12.9. The molecule has 0 bridgehead atoms. The summed E-state index contributed by atoms with van der Waals surface area (Å²) < 4.78 is 6.19. The molecule has 0 spiro atoms. The van der Waals surface area contributed by atoms with Gasteiger partial charge in [-0.15, -0.1) is 0 Å². The van der Waals surface area contributed by atoms with Gasteiger partial charge in [0.05, 0.1) is 7.11 Å². The Hall–Kier alpha value is -3.38. The fraction of sp³-hybridized carbons (Fsp3) is 0.0435. The molecule has 0 aliphatic carbocycles. The lowest BCUT2D eigenvalue weighted by Gasteiger charge is -2.12. The molecule has 0 heterocycles. The van der Waals surface area contributed by atoms with Gasteiger partial charge in [0.25, 0.3) is 11.8 Å². The summed E-state index contributed by atoms with van der Waals surface area (Å²) in [6.07, 6.45) is 1.59. The highest BCUT2D eigenvalue weighted by atomic mass is 79.9. The highest BCUT2D eigenvalue weighted by Crippen LogP contribution is 2.21. The molecule has 146 valence electrons. The molecule has 0 atom stereocenters. The lowest BCUT2D eigenvalue weighted by atomic mass is 10.1. The third-order valence-electron chi connectivity index (χ3n) is 4.05. The molecule has 0 fully saturated rings. The molecular formula is C23H19BrN2O3. The molecule has 2 N–H and O–H groups in total. The number of rotatable bonds is 6. The molecule has 3 aromatic carbocycles. The van der Waals surface area contributed by atoms with E-state index in [1.807, 2.05) is 30.3 Å². The Morgan fingerprint density at radius 3 is 2.38 bits per heavy atom. The van der Waals surface area contributed by atoms with Crippen LogP contribution >= 0.6 is 15.9 Å². The number of methoxy groups -OCH3 is 1. The van der Waals surface area contributed by atoms with Gasteiger partial charge in [-0.1, -0.05) is 58.4 Å². The van der Waals surface area contributed by atoms with Crippen molar-refractivity contribution in [2.75, 3.05) is 12.4 Å². The van der Waals surface area contributed by atoms with Gasteiger partial charge < -0.3 is 15.4 Å². The third-order valence-corrected chi connectivity index (χ3v) is 4.54. The number of benzene rings is 3. The summed E-state index contributed by atoms with van der Waals surface area (Å²) in [5.41, 5.74) is 1.82. The molecular weight excluding hydrogens is 432 g/mol. The van der Waals surface area contributed by atoms with Crippen LogP contribution in [0.2, 0.25) is 0 Å². The second-order valence-electron chi connectivity index (χ2n) is 6.08. The van der Waals surface area contributed by atoms with Crippen molar-refractivity contribution in [3.05, 3.63) is 100 Å². The number of amides is 2. The summed E-state index contributed by atoms with van der Waals surface area (Å²) in [4.78, 5) is 25.6. The van der Waals surface area contributed by atoms with E-state index in [2.05, 4.69) is 26.6 Å². The van der Waals surface area contributed by atoms with Crippen molar-refractivity contribution >= 4 is 39.5 Å². The molecule has 3 rings (SSSR count). The molecule has 3 aromatic rings. The van der Waals surface area contributed by atoms with Gasteiger partial charge in [-0.05, 0) is 42.5 Å². The van der Waals surface area contributed by atoms with Gasteiger partial charge in [0, 0.05) is 21.3 Å². The number of nitrogens with one attached hydrogen (secondary N) is 2. The van der Waals surface area contributed by atoms with Gasteiger partial charge in [-0.3, -0.25) is 9.59 Å². The number of carbonyl (C=O) groups is 2. The minimum Gasteiger partial charge on any atom is -0.496 e. The van der Waals surface area contributed by atoms with E-state index in [9.17, 15) is 9.59 Å². The van der Waals surface area contributed by atoms with Crippen LogP contribution in [0.15, 0.2) is 89.0 Å². The Balaban J connectivity index is 1.93. The normalized spacial score (nSPS) is 10.9. The maximum atomic E-state index is 12.9. The number of ether oxygens (including phenoxy) is 1. The summed E-state index contributed by atoms with van der Waals surface area (Å²) in [5.74, 6) is -0.233. The van der Waals surface area contributed by atoms with Gasteiger partial charge in [-0.25, -0.2) is 0 Å². The molecule has 0 saturated carbocycles. The second kappa shape index (κ2) is 9.71. The van der Waals surface area contributed by atoms with E-state index in [4.69, 9.17) is 4.74 Å². The van der Waals surface area contributed by atoms with E-state index < -0.39 is 5.91 Å². The lowest BCUT2D eigenvalue weighted by molar-refractivity contribution is -0.113. The monoisotopic (exact) mass is 450 g/mol. The number of carbonyl (C=O) groups excluding carboxylic acids is 2. The van der Waals surface area contributed by atoms with Crippen LogP contribution < -0.4 is 15.4 Å². The minimum absolute atomic E-state index is 0.100. The Morgan fingerprint density at radius 1 is 0.931 bits per heavy atom. The second-order valence-corrected chi connectivity index (χ2v) is 7.00. The summed E-state index contributed by atoms with van der Waals surface area (Å²) in [6, 6.07) is 23.2. The smallest absolute Gasteiger partial charge is 0.272 e. The van der Waals surface area contributed by atoms with E-state index in [-0.39, 0.29) is 11.6 Å². The predicted molar refractivity (Wildman–Crippen MR) is 118 cm³/mol. The highest BCUT2D eigenvalue weighted by Gasteiger charge is 2.16. The van der Waals surface area contributed by atoms with Gasteiger partial charge in [0.2, 0.25) is 0 Å². The summed E-state index contributed by atoms with van der Waals surface area (Å²) in [7, 11) is 1.55. The van der Waals surface area contributed by atoms with E-state index in [0.29, 0.717) is 22.6 Å². The highest BCUT2D eigenvalue weighted by molar-refractivity contribution is 9.10. The summed E-state index contributed by atoms with van der Waals surface area (Å²) >= 11 is 3.38. The minimum atomic E-state index is -0.446. The van der Waals surface area contributed by atoms with Crippen molar-refractivity contribution in [2.24, 2.45) is 0 Å². The molecule has 5 nitrogen and oxygen atoms in total. The standard InChI is InChI=1S/C23H19BrN2O3/c1-29-21-13-6-5-10-17(21)14-20(26-22(27)16-8-3-2-4-9-16)23(28)25-19-12-7-11-18(24)15-19/h2-15H,1H3,(H,25,28)(H,26,27)/b20-14+. The van der Waals surface area contributed by atoms with Crippen molar-refractivity contribution in [1.82, 2.24) is 5.32 Å². The maximum Gasteiger partial charge on any atom is 0.272 e. The molecule has 0 aliphatic heterocycles. The van der Waals surface area contributed by atoms with E-state index in [1.165, 1.54) is 0 Å². The average Bonchev–Trinajstić information content (AvgIpc) is 2.74. The first-order valence-corrected chi connectivity index (χ1v) is 9.64. The molecule has 2 amide bonds. The molecule has 29 heavy (non-hydrogen) atoms. The van der Waals surface area contributed by atoms with Crippen molar-refractivity contribution in [2.45, 2.75) is 0 Å². The molecule has 0 aliphatic rings. The van der Waals surface area contributed by atoms with E-state index in [0.717, 1.165) is 4.47 Å². The van der Waals surface area contributed by atoms with Crippen LogP contribution in [-0.4, -0.2) is 18.9 Å². The zero-order valence-corrected chi connectivity index (χ0v) is 17.3. The quantitative estimate of drug-likeness (QED) is 0.526. The Bertz CT molecular complexity index is 1050. The topological polar surface area (TPSA) is 67.4 Å². The fourth-order valence-corrected chi connectivity index (χ4v) is 3.05. The van der Waals surface area contributed by atoms with Crippen LogP contribution in [0.5, 0.6) is 5.75 Å². The first kappa shape index (κ1) is 20.4. The zero-order chi connectivity index (χ0) is 20.6. The number of para-hydroxylation sites is 1. The van der Waals surface area contributed by atoms with Crippen molar-refractivity contribution in [3.8, 4) is 5.75 Å². The fourth-order valence-electron chi connectivity index (χ4n) is 2.65. The number of halogens is 1. The molecule has 6 heteroatoms. The number of hydrogen-bond donors (Lipinski definition) is 2. The van der Waals surface area contributed by atoms with Crippen LogP contribution in [-0.2, 0) is 4.79 Å². The third kappa shape index (κ3) is 5.56. The number of hydrogen-bond acceptors (Lipinski definition) is 3.